The molecule has 0 rings (SSSR count). The minimum Gasteiger partial charge on any atom is -0.360 e. The van der Waals surface area contributed by atoms with Gasteiger partial charge in [-0.3, -0.25) is 4.79 Å². The summed E-state index contributed by atoms with van der Waals surface area (Å²) in [4.78, 5) is 11.2. The summed E-state index contributed by atoms with van der Waals surface area (Å²) in [5.41, 5.74) is 0. The SMILES string of the molecule is CCCC(=O)N[C@H](OC)[C@H](C#N)CC. The number of nitrogens with one attached hydrogen (secondary N) is 1. The highest BCUT2D eigenvalue weighted by molar-refractivity contribution is 5.76. The van der Waals surface area contributed by atoms with E-state index in [0.29, 0.717) is 12.8 Å². The first kappa shape index (κ1) is 12.9. The van der Waals surface area contributed by atoms with Crippen molar-refractivity contribution in [2.75, 3.05) is 7.11 Å². The maximum Gasteiger partial charge on any atom is 0.222 e. The quantitative estimate of drug-likeness (QED) is 0.657. The molecule has 80 valence electrons. The molecule has 0 bridgehead atoms. The van der Waals surface area contributed by atoms with Crippen molar-refractivity contribution in [3.63, 3.8) is 0 Å². The summed E-state index contributed by atoms with van der Waals surface area (Å²) in [5, 5.41) is 11.5. The van der Waals surface area contributed by atoms with Gasteiger partial charge in [-0.05, 0) is 12.8 Å². The molecule has 0 saturated carbocycles. The standard InChI is InChI=1S/C10H18N2O2/c1-4-6-9(13)12-10(14-3)8(5-2)7-11/h8,10H,4-6H2,1-3H3,(H,12,13)/t8-,10+/m0/s1. The highest BCUT2D eigenvalue weighted by Gasteiger charge is 2.20. The van der Waals surface area contributed by atoms with Gasteiger partial charge in [0.1, 0.15) is 6.23 Å². The third kappa shape index (κ3) is 4.24. The lowest BCUT2D eigenvalue weighted by atomic mass is 10.1. The lowest BCUT2D eigenvalue weighted by Gasteiger charge is -2.20. The lowest BCUT2D eigenvalue weighted by Crippen LogP contribution is -2.40. The Kier molecular flexibility index (Phi) is 6.77. The van der Waals surface area contributed by atoms with Crippen molar-refractivity contribution < 1.29 is 9.53 Å². The minimum atomic E-state index is -0.482. The van der Waals surface area contributed by atoms with Crippen LogP contribution in [0.3, 0.4) is 0 Å². The lowest BCUT2D eigenvalue weighted by molar-refractivity contribution is -0.125. The summed E-state index contributed by atoms with van der Waals surface area (Å²) in [6.45, 7) is 3.83. The highest BCUT2D eigenvalue weighted by Crippen LogP contribution is 2.08. The Labute approximate surface area is 85.2 Å². The maximum atomic E-state index is 11.2. The van der Waals surface area contributed by atoms with E-state index in [0.717, 1.165) is 6.42 Å². The average molecular weight is 198 g/mol. The molecule has 0 aromatic heterocycles. The van der Waals surface area contributed by atoms with Crippen molar-refractivity contribution in [1.82, 2.24) is 5.32 Å². The van der Waals surface area contributed by atoms with Gasteiger partial charge in [0.15, 0.2) is 0 Å². The molecule has 0 radical (unpaired) electrons. The zero-order chi connectivity index (χ0) is 11.0. The van der Waals surface area contributed by atoms with Crippen LogP contribution in [-0.2, 0) is 9.53 Å². The first-order chi connectivity index (χ1) is 6.69. The Morgan fingerprint density at radius 2 is 2.21 bits per heavy atom. The van der Waals surface area contributed by atoms with Gasteiger partial charge >= 0.3 is 0 Å². The van der Waals surface area contributed by atoms with Crippen LogP contribution in [-0.4, -0.2) is 19.2 Å². The molecular formula is C10H18N2O2. The van der Waals surface area contributed by atoms with Crippen molar-refractivity contribution in [2.45, 2.75) is 39.3 Å². The number of hydrogen-bond acceptors (Lipinski definition) is 3. The highest BCUT2D eigenvalue weighted by atomic mass is 16.5. The van der Waals surface area contributed by atoms with E-state index in [1.807, 2.05) is 13.8 Å². The Balaban J connectivity index is 4.14. The number of nitriles is 1. The Hall–Kier alpha value is -1.08. The first-order valence-corrected chi connectivity index (χ1v) is 4.91. The second-order valence-electron chi connectivity index (χ2n) is 3.12. The molecule has 0 aliphatic rings. The molecule has 0 spiro atoms. The number of methoxy groups -OCH3 is 1. The first-order valence-electron chi connectivity index (χ1n) is 4.91. The molecule has 0 aromatic rings. The summed E-state index contributed by atoms with van der Waals surface area (Å²) in [6.07, 6.45) is 1.46. The summed E-state index contributed by atoms with van der Waals surface area (Å²) < 4.78 is 5.06. The molecule has 1 N–H and O–H groups in total. The molecule has 14 heavy (non-hydrogen) atoms. The van der Waals surface area contributed by atoms with Gasteiger partial charge in [0, 0.05) is 13.5 Å². The van der Waals surface area contributed by atoms with Gasteiger partial charge in [0.25, 0.3) is 0 Å². The van der Waals surface area contributed by atoms with E-state index in [1.54, 1.807) is 0 Å². The molecule has 2 atom stereocenters. The fourth-order valence-corrected chi connectivity index (χ4v) is 1.15. The average Bonchev–Trinajstić information content (AvgIpc) is 2.18. The fraction of sp³-hybridized carbons (Fsp3) is 0.800. The Morgan fingerprint density at radius 3 is 2.57 bits per heavy atom. The van der Waals surface area contributed by atoms with Gasteiger partial charge in [-0.25, -0.2) is 0 Å². The van der Waals surface area contributed by atoms with Crippen LogP contribution in [0.25, 0.3) is 0 Å². The molecule has 0 aliphatic heterocycles. The van der Waals surface area contributed by atoms with Gasteiger partial charge < -0.3 is 10.1 Å². The Morgan fingerprint density at radius 1 is 1.57 bits per heavy atom. The molecule has 0 aromatic carbocycles. The van der Waals surface area contributed by atoms with Crippen molar-refractivity contribution in [2.24, 2.45) is 5.92 Å². The topological polar surface area (TPSA) is 62.1 Å². The van der Waals surface area contributed by atoms with Crippen LogP contribution in [0.2, 0.25) is 0 Å². The second-order valence-corrected chi connectivity index (χ2v) is 3.12. The monoisotopic (exact) mass is 198 g/mol. The van der Waals surface area contributed by atoms with Gasteiger partial charge in [0.05, 0.1) is 12.0 Å². The van der Waals surface area contributed by atoms with Crippen LogP contribution in [0, 0.1) is 17.2 Å². The molecule has 0 aliphatic carbocycles. The molecule has 4 nitrogen and oxygen atoms in total. The normalized spacial score (nSPS) is 14.1. The van der Waals surface area contributed by atoms with Crippen LogP contribution in [0.15, 0.2) is 0 Å². The summed E-state index contributed by atoms with van der Waals surface area (Å²) in [7, 11) is 1.50. The van der Waals surface area contributed by atoms with E-state index in [1.165, 1.54) is 7.11 Å². The fourth-order valence-electron chi connectivity index (χ4n) is 1.15. The number of rotatable bonds is 6. The maximum absolute atomic E-state index is 11.2. The number of hydrogen-bond donors (Lipinski definition) is 1. The number of amides is 1. The van der Waals surface area contributed by atoms with Crippen LogP contribution in [0.5, 0.6) is 0 Å². The van der Waals surface area contributed by atoms with E-state index in [9.17, 15) is 4.79 Å². The van der Waals surface area contributed by atoms with E-state index in [-0.39, 0.29) is 11.8 Å². The third-order valence-corrected chi connectivity index (χ3v) is 2.01. The molecule has 0 saturated heterocycles. The zero-order valence-corrected chi connectivity index (χ0v) is 9.04. The number of carbonyl (C=O) groups is 1. The van der Waals surface area contributed by atoms with E-state index >= 15 is 0 Å². The Bertz CT molecular complexity index is 211. The van der Waals surface area contributed by atoms with Gasteiger partial charge in [-0.1, -0.05) is 13.8 Å². The molecule has 4 heteroatoms. The second kappa shape index (κ2) is 7.34. The predicted octanol–water partition coefficient (Wildman–Crippen LogP) is 1.42. The predicted molar refractivity (Wildman–Crippen MR) is 53.2 cm³/mol. The summed E-state index contributed by atoms with van der Waals surface area (Å²) in [6, 6.07) is 2.11. The van der Waals surface area contributed by atoms with E-state index in [2.05, 4.69) is 11.4 Å². The minimum absolute atomic E-state index is 0.0620. The number of nitrogens with zero attached hydrogens (tertiary/aromatic N) is 1. The van der Waals surface area contributed by atoms with Gasteiger partial charge in [-0.2, -0.15) is 5.26 Å². The van der Waals surface area contributed by atoms with Crippen molar-refractivity contribution in [1.29, 1.82) is 5.26 Å². The third-order valence-electron chi connectivity index (χ3n) is 2.01. The smallest absolute Gasteiger partial charge is 0.222 e. The number of carbonyl (C=O) groups excluding carboxylic acids is 1. The van der Waals surface area contributed by atoms with E-state index < -0.39 is 6.23 Å². The van der Waals surface area contributed by atoms with Gasteiger partial charge in [-0.15, -0.1) is 0 Å². The van der Waals surface area contributed by atoms with Crippen molar-refractivity contribution >= 4 is 5.91 Å². The molecule has 0 unspecified atom stereocenters. The summed E-state index contributed by atoms with van der Waals surface area (Å²) in [5.74, 6) is -0.339. The van der Waals surface area contributed by atoms with Crippen LogP contribution in [0.1, 0.15) is 33.1 Å². The van der Waals surface area contributed by atoms with Crippen molar-refractivity contribution in [3.8, 4) is 6.07 Å². The largest absolute Gasteiger partial charge is 0.360 e. The zero-order valence-electron chi connectivity index (χ0n) is 9.04. The van der Waals surface area contributed by atoms with Crippen LogP contribution in [0.4, 0.5) is 0 Å². The molecule has 0 heterocycles. The van der Waals surface area contributed by atoms with Gasteiger partial charge in [0.2, 0.25) is 5.91 Å². The molecule has 0 fully saturated rings. The van der Waals surface area contributed by atoms with E-state index in [4.69, 9.17) is 10.00 Å². The molecule has 1 amide bonds. The molecular weight excluding hydrogens is 180 g/mol. The van der Waals surface area contributed by atoms with Crippen molar-refractivity contribution in [3.05, 3.63) is 0 Å². The van der Waals surface area contributed by atoms with Crippen LogP contribution < -0.4 is 5.32 Å². The number of ether oxygens (including phenoxy) is 1. The summed E-state index contributed by atoms with van der Waals surface area (Å²) >= 11 is 0. The van der Waals surface area contributed by atoms with Crippen LogP contribution >= 0.6 is 0 Å².